The zero-order valence-corrected chi connectivity index (χ0v) is 16.8. The smallest absolute Gasteiger partial charge is 0.339 e. The molecule has 0 bridgehead atoms. The van der Waals surface area contributed by atoms with Gasteiger partial charge in [0.25, 0.3) is 0 Å². The number of carboxylic acid groups (broad SMARTS) is 1. The molecule has 3 rings (SSSR count). The van der Waals surface area contributed by atoms with E-state index in [9.17, 15) is 23.9 Å². The van der Waals surface area contributed by atoms with Crippen LogP contribution >= 0.6 is 15.9 Å². The second kappa shape index (κ2) is 8.44. The maximum atomic E-state index is 13.6. The van der Waals surface area contributed by atoms with Gasteiger partial charge in [-0.25, -0.2) is 14.0 Å². The third-order valence-corrected chi connectivity index (χ3v) is 5.04. The molecule has 0 saturated heterocycles. The number of carboxylic acids is 1. The van der Waals surface area contributed by atoms with Crippen LogP contribution < -0.4 is 10.1 Å². The number of allylic oxidation sites excluding steroid dienone is 1. The number of methoxy groups -OCH3 is 1. The summed E-state index contributed by atoms with van der Waals surface area (Å²) >= 11 is 3.24. The van der Waals surface area contributed by atoms with Crippen LogP contribution in [0.5, 0.6) is 5.75 Å². The van der Waals surface area contributed by atoms with Crippen LogP contribution in [-0.2, 0) is 4.79 Å². The van der Waals surface area contributed by atoms with Crippen molar-refractivity contribution >= 4 is 39.4 Å². The molecule has 2 aromatic rings. The van der Waals surface area contributed by atoms with Gasteiger partial charge in [-0.2, -0.15) is 0 Å². The summed E-state index contributed by atoms with van der Waals surface area (Å²) in [7, 11) is 1.32. The third kappa shape index (κ3) is 4.45. The fourth-order valence-electron chi connectivity index (χ4n) is 2.99. The van der Waals surface area contributed by atoms with Crippen molar-refractivity contribution in [2.75, 3.05) is 12.4 Å². The quantitative estimate of drug-likeness (QED) is 0.703. The van der Waals surface area contributed by atoms with E-state index in [1.807, 2.05) is 0 Å². The van der Waals surface area contributed by atoms with Crippen LogP contribution in [0.15, 0.2) is 53.1 Å². The molecule has 1 aliphatic heterocycles. The standard InChI is InChI=1S/C20H16BrFN2O5/c1-29-18-10-16(15(21)9-14(18)19(26)27)23-20(28)24-6-5-13(25)8-17(24)11-3-2-4-12(22)7-11/h2-7,9-10,17H,8H2,1H3,(H,23,28)(H,26,27)/t17-/m0/s1. The van der Waals surface area contributed by atoms with E-state index in [4.69, 9.17) is 4.74 Å². The van der Waals surface area contributed by atoms with Crippen LogP contribution in [0.25, 0.3) is 0 Å². The summed E-state index contributed by atoms with van der Waals surface area (Å²) in [5.74, 6) is -1.76. The largest absolute Gasteiger partial charge is 0.496 e. The number of ether oxygens (including phenoxy) is 1. The Kier molecular flexibility index (Phi) is 5.97. The van der Waals surface area contributed by atoms with Gasteiger partial charge in [-0.15, -0.1) is 0 Å². The number of amides is 2. The Labute approximate surface area is 173 Å². The molecule has 0 saturated carbocycles. The first-order valence-corrected chi connectivity index (χ1v) is 9.26. The zero-order chi connectivity index (χ0) is 21.1. The SMILES string of the molecule is COc1cc(NC(=O)N2C=CC(=O)C[C@H]2c2cccc(F)c2)c(Br)cc1C(=O)O. The van der Waals surface area contributed by atoms with Crippen molar-refractivity contribution in [3.05, 3.63) is 70.1 Å². The minimum Gasteiger partial charge on any atom is -0.496 e. The van der Waals surface area contributed by atoms with Gasteiger partial charge < -0.3 is 15.2 Å². The van der Waals surface area contributed by atoms with Crippen molar-refractivity contribution in [1.29, 1.82) is 0 Å². The molecule has 0 aliphatic carbocycles. The maximum Gasteiger partial charge on any atom is 0.339 e. The topological polar surface area (TPSA) is 95.9 Å². The Bertz CT molecular complexity index is 1020. The summed E-state index contributed by atoms with van der Waals surface area (Å²) in [6.45, 7) is 0. The van der Waals surface area contributed by atoms with Gasteiger partial charge in [0.2, 0.25) is 0 Å². The number of rotatable bonds is 4. The van der Waals surface area contributed by atoms with Crippen molar-refractivity contribution in [2.24, 2.45) is 0 Å². The van der Waals surface area contributed by atoms with Crippen LogP contribution in [0, 0.1) is 5.82 Å². The van der Waals surface area contributed by atoms with E-state index in [0.717, 1.165) is 0 Å². The molecular formula is C20H16BrFN2O5. The monoisotopic (exact) mass is 462 g/mol. The van der Waals surface area contributed by atoms with E-state index in [0.29, 0.717) is 10.0 Å². The van der Waals surface area contributed by atoms with E-state index in [2.05, 4.69) is 21.2 Å². The van der Waals surface area contributed by atoms with E-state index >= 15 is 0 Å². The Morgan fingerprint density at radius 1 is 1.31 bits per heavy atom. The van der Waals surface area contributed by atoms with Gasteiger partial charge in [0.1, 0.15) is 17.1 Å². The lowest BCUT2D eigenvalue weighted by Crippen LogP contribution is -2.37. The average molecular weight is 463 g/mol. The van der Waals surface area contributed by atoms with Crippen molar-refractivity contribution < 1.29 is 28.6 Å². The lowest BCUT2D eigenvalue weighted by atomic mass is 9.97. The summed E-state index contributed by atoms with van der Waals surface area (Å²) in [5, 5.41) is 11.9. The molecule has 0 unspecified atom stereocenters. The molecule has 1 heterocycles. The molecule has 2 aromatic carbocycles. The highest BCUT2D eigenvalue weighted by Gasteiger charge is 2.29. The predicted octanol–water partition coefficient (Wildman–Crippen LogP) is 4.36. The van der Waals surface area contributed by atoms with Crippen LogP contribution in [0.2, 0.25) is 0 Å². The Morgan fingerprint density at radius 2 is 2.07 bits per heavy atom. The molecule has 0 fully saturated rings. The number of nitrogens with zero attached hydrogens (tertiary/aromatic N) is 1. The van der Waals surface area contributed by atoms with Gasteiger partial charge in [0.05, 0.1) is 18.8 Å². The van der Waals surface area contributed by atoms with Crippen LogP contribution in [0.4, 0.5) is 14.9 Å². The fraction of sp³-hybridized carbons (Fsp3) is 0.150. The molecule has 0 radical (unpaired) electrons. The highest BCUT2D eigenvalue weighted by molar-refractivity contribution is 9.10. The number of aromatic carboxylic acids is 1. The molecule has 2 N–H and O–H groups in total. The minimum atomic E-state index is -1.18. The highest BCUT2D eigenvalue weighted by Crippen LogP contribution is 2.33. The summed E-state index contributed by atoms with van der Waals surface area (Å²) in [4.78, 5) is 37.4. The fourth-order valence-corrected chi connectivity index (χ4v) is 3.43. The van der Waals surface area contributed by atoms with Crippen LogP contribution in [0.1, 0.15) is 28.4 Å². The minimum absolute atomic E-state index is 0.00974. The van der Waals surface area contributed by atoms with Crippen LogP contribution in [-0.4, -0.2) is 34.9 Å². The second-order valence-electron chi connectivity index (χ2n) is 6.23. The molecule has 0 aromatic heterocycles. The van der Waals surface area contributed by atoms with Crippen molar-refractivity contribution in [3.63, 3.8) is 0 Å². The lowest BCUT2D eigenvalue weighted by molar-refractivity contribution is -0.116. The highest BCUT2D eigenvalue weighted by atomic mass is 79.9. The number of carbonyl (C=O) groups is 3. The Morgan fingerprint density at radius 3 is 2.72 bits per heavy atom. The Hall–Kier alpha value is -3.20. The van der Waals surface area contributed by atoms with Gasteiger partial charge in [0, 0.05) is 23.2 Å². The van der Waals surface area contributed by atoms with Crippen molar-refractivity contribution in [1.82, 2.24) is 4.90 Å². The lowest BCUT2D eigenvalue weighted by Gasteiger charge is -2.31. The summed E-state index contributed by atoms with van der Waals surface area (Å²) in [6, 6.07) is 7.14. The number of benzene rings is 2. The predicted molar refractivity (Wildman–Crippen MR) is 106 cm³/mol. The first kappa shape index (κ1) is 20.5. The van der Waals surface area contributed by atoms with Gasteiger partial charge in [0.15, 0.2) is 5.78 Å². The van der Waals surface area contributed by atoms with Gasteiger partial charge in [-0.1, -0.05) is 12.1 Å². The normalized spacial score (nSPS) is 15.9. The van der Waals surface area contributed by atoms with Gasteiger partial charge >= 0.3 is 12.0 Å². The zero-order valence-electron chi connectivity index (χ0n) is 15.2. The van der Waals surface area contributed by atoms with E-state index in [1.165, 1.54) is 54.6 Å². The number of hydrogen-bond donors (Lipinski definition) is 2. The second-order valence-corrected chi connectivity index (χ2v) is 7.09. The third-order valence-electron chi connectivity index (χ3n) is 4.38. The van der Waals surface area contributed by atoms with Crippen molar-refractivity contribution in [3.8, 4) is 5.75 Å². The Balaban J connectivity index is 1.91. The molecular weight excluding hydrogens is 447 g/mol. The average Bonchev–Trinajstić information content (AvgIpc) is 2.68. The number of urea groups is 1. The first-order chi connectivity index (χ1) is 13.8. The molecule has 9 heteroatoms. The maximum absolute atomic E-state index is 13.6. The number of carbonyl (C=O) groups excluding carboxylic acids is 2. The molecule has 2 amide bonds. The summed E-state index contributed by atoms with van der Waals surface area (Å²) in [5.41, 5.74) is 0.689. The first-order valence-electron chi connectivity index (χ1n) is 8.46. The number of nitrogens with one attached hydrogen (secondary N) is 1. The summed E-state index contributed by atoms with van der Waals surface area (Å²) in [6.07, 6.45) is 2.63. The van der Waals surface area contributed by atoms with Crippen LogP contribution in [0.3, 0.4) is 0 Å². The van der Waals surface area contributed by atoms with E-state index in [-0.39, 0.29) is 29.2 Å². The number of hydrogen-bond acceptors (Lipinski definition) is 4. The van der Waals surface area contributed by atoms with Gasteiger partial charge in [-0.3, -0.25) is 9.69 Å². The molecule has 7 nitrogen and oxygen atoms in total. The van der Waals surface area contributed by atoms with E-state index in [1.54, 1.807) is 6.07 Å². The van der Waals surface area contributed by atoms with E-state index < -0.39 is 23.9 Å². The van der Waals surface area contributed by atoms with Gasteiger partial charge in [-0.05, 0) is 45.8 Å². The molecule has 150 valence electrons. The van der Waals surface area contributed by atoms with Crippen molar-refractivity contribution in [2.45, 2.75) is 12.5 Å². The number of halogens is 2. The number of anilines is 1. The molecule has 1 atom stereocenters. The molecule has 0 spiro atoms. The number of ketones is 1. The molecule has 1 aliphatic rings. The summed E-state index contributed by atoms with van der Waals surface area (Å²) < 4.78 is 19.1. The molecule has 29 heavy (non-hydrogen) atoms.